The van der Waals surface area contributed by atoms with Gasteiger partial charge in [0.2, 0.25) is 0 Å². The molecule has 92 valence electrons. The van der Waals surface area contributed by atoms with Crippen LogP contribution in [0, 0.1) is 5.92 Å². The second kappa shape index (κ2) is 4.83. The van der Waals surface area contributed by atoms with Crippen molar-refractivity contribution in [2.45, 2.75) is 26.7 Å². The van der Waals surface area contributed by atoms with E-state index in [1.165, 1.54) is 11.3 Å². The molecule has 2 aromatic heterocycles. The van der Waals surface area contributed by atoms with Crippen LogP contribution in [0.5, 0.6) is 0 Å². The number of anilines is 1. The van der Waals surface area contributed by atoms with Crippen molar-refractivity contribution < 1.29 is 0 Å². The number of hydrogen-bond acceptors (Lipinski definition) is 5. The number of nitrogens with two attached hydrogens (primary N) is 1. The maximum absolute atomic E-state index is 5.61. The Kier molecular flexibility index (Phi) is 3.42. The third-order valence-corrected chi connectivity index (χ3v) is 3.12. The van der Waals surface area contributed by atoms with E-state index in [1.54, 1.807) is 0 Å². The average Bonchev–Trinajstić information content (AvgIpc) is 2.74. The van der Waals surface area contributed by atoms with Gasteiger partial charge in [0.1, 0.15) is 5.82 Å². The van der Waals surface area contributed by atoms with Crippen molar-refractivity contribution in [1.82, 2.24) is 19.7 Å². The first-order valence-corrected chi connectivity index (χ1v) is 6.51. The van der Waals surface area contributed by atoms with Crippen molar-refractivity contribution in [3.63, 3.8) is 0 Å². The van der Waals surface area contributed by atoms with Gasteiger partial charge in [0.15, 0.2) is 11.0 Å². The maximum atomic E-state index is 5.61. The Labute approximate surface area is 105 Å². The van der Waals surface area contributed by atoms with Crippen LogP contribution in [0.1, 0.15) is 31.2 Å². The van der Waals surface area contributed by atoms with Gasteiger partial charge >= 0.3 is 0 Å². The van der Waals surface area contributed by atoms with Crippen molar-refractivity contribution in [2.24, 2.45) is 13.0 Å². The Balaban J connectivity index is 2.13. The summed E-state index contributed by atoms with van der Waals surface area (Å²) in [6, 6.07) is 0. The summed E-state index contributed by atoms with van der Waals surface area (Å²) in [6.07, 6.45) is 1.60. The molecular formula is C11H17N5S. The Morgan fingerprint density at radius 2 is 2.18 bits per heavy atom. The van der Waals surface area contributed by atoms with Crippen LogP contribution in [0.2, 0.25) is 0 Å². The molecule has 0 fully saturated rings. The first-order valence-electron chi connectivity index (χ1n) is 5.63. The monoisotopic (exact) mass is 251 g/mol. The zero-order valence-electron chi connectivity index (χ0n) is 10.3. The molecule has 2 N–H and O–H groups in total. The Morgan fingerprint density at radius 1 is 1.41 bits per heavy atom. The number of aromatic nitrogens is 4. The van der Waals surface area contributed by atoms with Crippen molar-refractivity contribution in [3.8, 4) is 0 Å². The van der Waals surface area contributed by atoms with E-state index in [4.69, 9.17) is 5.73 Å². The predicted octanol–water partition coefficient (Wildman–Crippen LogP) is 1.64. The smallest absolute Gasteiger partial charge is 0.180 e. The molecule has 5 nitrogen and oxygen atoms in total. The highest BCUT2D eigenvalue weighted by Crippen LogP contribution is 2.14. The summed E-state index contributed by atoms with van der Waals surface area (Å²) in [5, 5.41) is 6.97. The maximum Gasteiger partial charge on any atom is 0.180 e. The minimum atomic E-state index is 0.570. The topological polar surface area (TPSA) is 69.6 Å². The number of nitrogen functional groups attached to an aromatic ring is 1. The molecule has 6 heteroatoms. The highest BCUT2D eigenvalue weighted by atomic mass is 32.1. The van der Waals surface area contributed by atoms with Gasteiger partial charge in [-0.25, -0.2) is 9.97 Å². The summed E-state index contributed by atoms with van der Waals surface area (Å²) in [6.45, 7) is 4.33. The summed E-state index contributed by atoms with van der Waals surface area (Å²) in [5.74, 6) is 2.41. The fourth-order valence-electron chi connectivity index (χ4n) is 1.65. The highest BCUT2D eigenvalue weighted by molar-refractivity contribution is 7.13. The average molecular weight is 251 g/mol. The summed E-state index contributed by atoms with van der Waals surface area (Å²) in [5.41, 5.74) is 6.56. The van der Waals surface area contributed by atoms with Crippen LogP contribution in [0.25, 0.3) is 0 Å². The van der Waals surface area contributed by atoms with Gasteiger partial charge < -0.3 is 5.73 Å². The molecule has 0 amide bonds. The molecule has 0 saturated carbocycles. The molecule has 0 bridgehead atoms. The van der Waals surface area contributed by atoms with Crippen molar-refractivity contribution in [3.05, 3.63) is 22.7 Å². The van der Waals surface area contributed by atoms with Crippen LogP contribution in [0.3, 0.4) is 0 Å². The zero-order chi connectivity index (χ0) is 12.4. The second-order valence-corrected chi connectivity index (χ2v) is 5.41. The van der Waals surface area contributed by atoms with Gasteiger partial charge in [0.05, 0.1) is 12.1 Å². The van der Waals surface area contributed by atoms with E-state index >= 15 is 0 Å². The molecule has 0 aliphatic rings. The lowest BCUT2D eigenvalue weighted by Crippen LogP contribution is -2.01. The second-order valence-electron chi connectivity index (χ2n) is 4.52. The van der Waals surface area contributed by atoms with Gasteiger partial charge in [-0.05, 0) is 5.92 Å². The van der Waals surface area contributed by atoms with E-state index < -0.39 is 0 Å². The molecule has 0 radical (unpaired) electrons. The van der Waals surface area contributed by atoms with Gasteiger partial charge in [0.25, 0.3) is 0 Å². The molecule has 0 aliphatic carbocycles. The van der Waals surface area contributed by atoms with E-state index in [9.17, 15) is 0 Å². The lowest BCUT2D eigenvalue weighted by Gasteiger charge is -1.96. The molecule has 0 aromatic carbocycles. The van der Waals surface area contributed by atoms with E-state index in [-0.39, 0.29) is 0 Å². The third-order valence-electron chi connectivity index (χ3n) is 2.40. The minimum absolute atomic E-state index is 0.570. The van der Waals surface area contributed by atoms with Crippen molar-refractivity contribution in [2.75, 3.05) is 5.73 Å². The molecule has 0 aliphatic heterocycles. The standard InChI is InChI=1S/C11H17N5S/c1-7(2)4-9-14-10(16(3)15-9)5-8-6-17-11(12)13-8/h6-7H,4-5H2,1-3H3,(H2,12,13). The Morgan fingerprint density at radius 3 is 2.76 bits per heavy atom. The van der Waals surface area contributed by atoms with E-state index in [2.05, 4.69) is 28.9 Å². The van der Waals surface area contributed by atoms with Crippen LogP contribution in [-0.4, -0.2) is 19.7 Å². The Bertz CT molecular complexity index is 500. The third kappa shape index (κ3) is 3.03. The molecule has 0 saturated heterocycles. The molecule has 2 heterocycles. The number of hydrogen-bond donors (Lipinski definition) is 1. The van der Waals surface area contributed by atoms with E-state index in [1.807, 2.05) is 17.1 Å². The number of aryl methyl sites for hydroxylation is 1. The van der Waals surface area contributed by atoms with Gasteiger partial charge in [-0.2, -0.15) is 5.10 Å². The van der Waals surface area contributed by atoms with Crippen LogP contribution in [0.4, 0.5) is 5.13 Å². The van der Waals surface area contributed by atoms with Gasteiger partial charge in [-0.1, -0.05) is 13.8 Å². The van der Waals surface area contributed by atoms with E-state index in [0.29, 0.717) is 17.5 Å². The molecular weight excluding hydrogens is 234 g/mol. The first-order chi connectivity index (χ1) is 8.04. The highest BCUT2D eigenvalue weighted by Gasteiger charge is 2.10. The summed E-state index contributed by atoms with van der Waals surface area (Å²) >= 11 is 1.46. The first kappa shape index (κ1) is 12.0. The van der Waals surface area contributed by atoms with Gasteiger partial charge in [-0.15, -0.1) is 11.3 Å². The summed E-state index contributed by atoms with van der Waals surface area (Å²) in [4.78, 5) is 8.76. The summed E-state index contributed by atoms with van der Waals surface area (Å²) < 4.78 is 1.83. The van der Waals surface area contributed by atoms with Crippen LogP contribution >= 0.6 is 11.3 Å². The SMILES string of the molecule is CC(C)Cc1nc(Cc2csc(N)n2)n(C)n1. The lowest BCUT2D eigenvalue weighted by atomic mass is 10.1. The molecule has 2 aromatic rings. The normalized spacial score (nSPS) is 11.3. The molecule has 17 heavy (non-hydrogen) atoms. The quantitative estimate of drug-likeness (QED) is 0.897. The number of nitrogens with zero attached hydrogens (tertiary/aromatic N) is 4. The number of rotatable bonds is 4. The fourth-order valence-corrected chi connectivity index (χ4v) is 2.21. The van der Waals surface area contributed by atoms with Crippen LogP contribution < -0.4 is 5.73 Å². The minimum Gasteiger partial charge on any atom is -0.375 e. The zero-order valence-corrected chi connectivity index (χ0v) is 11.2. The van der Waals surface area contributed by atoms with Crippen LogP contribution in [0.15, 0.2) is 5.38 Å². The van der Waals surface area contributed by atoms with Crippen LogP contribution in [-0.2, 0) is 19.9 Å². The summed E-state index contributed by atoms with van der Waals surface area (Å²) in [7, 11) is 1.92. The number of thiazole rings is 1. The predicted molar refractivity (Wildman–Crippen MR) is 68.9 cm³/mol. The lowest BCUT2D eigenvalue weighted by molar-refractivity contribution is 0.612. The molecule has 0 spiro atoms. The van der Waals surface area contributed by atoms with Gasteiger partial charge in [0, 0.05) is 18.8 Å². The van der Waals surface area contributed by atoms with Crippen molar-refractivity contribution in [1.29, 1.82) is 0 Å². The largest absolute Gasteiger partial charge is 0.375 e. The van der Waals surface area contributed by atoms with E-state index in [0.717, 1.165) is 23.8 Å². The molecule has 2 rings (SSSR count). The molecule has 0 atom stereocenters. The van der Waals surface area contributed by atoms with Gasteiger partial charge in [-0.3, -0.25) is 4.68 Å². The Hall–Kier alpha value is -1.43. The fraction of sp³-hybridized carbons (Fsp3) is 0.545. The van der Waals surface area contributed by atoms with Crippen molar-refractivity contribution >= 4 is 16.5 Å². The molecule has 0 unspecified atom stereocenters.